The Labute approximate surface area is 138 Å². The molecule has 0 aliphatic heterocycles. The molecule has 1 amide bonds. The van der Waals surface area contributed by atoms with E-state index in [2.05, 4.69) is 43.2 Å². The van der Waals surface area contributed by atoms with Crippen LogP contribution in [0.25, 0.3) is 0 Å². The molecule has 9 nitrogen and oxygen atoms in total. The van der Waals surface area contributed by atoms with Gasteiger partial charge in [-0.05, 0) is 22.4 Å². The zero-order valence-electron chi connectivity index (χ0n) is 13.1. The van der Waals surface area contributed by atoms with E-state index in [-0.39, 0.29) is 5.91 Å². The lowest BCUT2D eigenvalue weighted by atomic mass is 10.1. The molecule has 2 aromatic heterocycles. The topological polar surface area (TPSA) is 103 Å². The first-order chi connectivity index (χ1) is 11.8. The van der Waals surface area contributed by atoms with Gasteiger partial charge in [-0.25, -0.2) is 4.68 Å². The fourth-order valence-corrected chi connectivity index (χ4v) is 2.26. The van der Waals surface area contributed by atoms with Gasteiger partial charge >= 0.3 is 0 Å². The van der Waals surface area contributed by atoms with Gasteiger partial charge in [-0.1, -0.05) is 30.3 Å². The Kier molecular flexibility index (Phi) is 5.23. The van der Waals surface area contributed by atoms with Crippen molar-refractivity contribution in [1.82, 2.24) is 40.3 Å². The van der Waals surface area contributed by atoms with E-state index in [1.54, 1.807) is 6.33 Å². The normalized spacial score (nSPS) is 10.7. The molecule has 24 heavy (non-hydrogen) atoms. The summed E-state index contributed by atoms with van der Waals surface area (Å²) >= 11 is 0. The summed E-state index contributed by atoms with van der Waals surface area (Å²) in [5.74, 6) is 0.657. The molecular weight excluding hydrogens is 308 g/mol. The summed E-state index contributed by atoms with van der Waals surface area (Å²) in [6, 6.07) is 10.2. The standard InChI is InChI=1S/C15H18N8O/c24-15(7-9-23-12-18-20-21-23)16-10-14-19-17-11-22(14)8-6-13-4-2-1-3-5-13/h1-5,11-12H,6-10H2,(H,16,24). The molecule has 3 aromatic rings. The van der Waals surface area contributed by atoms with E-state index >= 15 is 0 Å². The fourth-order valence-electron chi connectivity index (χ4n) is 2.26. The molecule has 0 atom stereocenters. The third-order valence-electron chi connectivity index (χ3n) is 3.58. The second-order valence-electron chi connectivity index (χ2n) is 5.28. The minimum absolute atomic E-state index is 0.0805. The van der Waals surface area contributed by atoms with Crippen LogP contribution in [0.3, 0.4) is 0 Å². The van der Waals surface area contributed by atoms with Gasteiger partial charge in [0, 0.05) is 13.0 Å². The second kappa shape index (κ2) is 7.95. The summed E-state index contributed by atoms with van der Waals surface area (Å²) in [4.78, 5) is 11.9. The van der Waals surface area contributed by atoms with E-state index in [1.165, 1.54) is 16.6 Å². The lowest BCUT2D eigenvalue weighted by molar-refractivity contribution is -0.121. The number of nitrogens with zero attached hydrogens (tertiary/aromatic N) is 7. The number of amides is 1. The number of aromatic nitrogens is 7. The van der Waals surface area contributed by atoms with Gasteiger partial charge in [0.1, 0.15) is 12.7 Å². The zero-order chi connectivity index (χ0) is 16.6. The largest absolute Gasteiger partial charge is 0.349 e. The van der Waals surface area contributed by atoms with Crippen LogP contribution < -0.4 is 5.32 Å². The first-order valence-electron chi connectivity index (χ1n) is 7.69. The molecule has 0 bridgehead atoms. The molecule has 0 radical (unpaired) electrons. The predicted octanol–water partition coefficient (Wildman–Crippen LogP) is 0.214. The van der Waals surface area contributed by atoms with E-state index in [1.807, 2.05) is 22.8 Å². The first kappa shape index (κ1) is 15.8. The van der Waals surface area contributed by atoms with E-state index < -0.39 is 0 Å². The Morgan fingerprint density at radius 1 is 1.08 bits per heavy atom. The minimum Gasteiger partial charge on any atom is -0.349 e. The van der Waals surface area contributed by atoms with Gasteiger partial charge in [0.2, 0.25) is 5.91 Å². The van der Waals surface area contributed by atoms with Gasteiger partial charge in [-0.3, -0.25) is 4.79 Å². The molecule has 0 fully saturated rings. The van der Waals surface area contributed by atoms with Crippen LogP contribution in [-0.2, 0) is 30.8 Å². The van der Waals surface area contributed by atoms with E-state index in [9.17, 15) is 4.79 Å². The average molecular weight is 326 g/mol. The molecule has 1 aromatic carbocycles. The van der Waals surface area contributed by atoms with Gasteiger partial charge in [0.25, 0.3) is 0 Å². The monoisotopic (exact) mass is 326 g/mol. The molecule has 1 N–H and O–H groups in total. The fraction of sp³-hybridized carbons (Fsp3) is 0.333. The number of tetrazole rings is 1. The number of hydrogen-bond acceptors (Lipinski definition) is 6. The lowest BCUT2D eigenvalue weighted by Crippen LogP contribution is -2.26. The highest BCUT2D eigenvalue weighted by atomic mass is 16.1. The van der Waals surface area contributed by atoms with Crippen LogP contribution in [0.5, 0.6) is 0 Å². The molecule has 3 rings (SSSR count). The van der Waals surface area contributed by atoms with Crippen LogP contribution >= 0.6 is 0 Å². The van der Waals surface area contributed by atoms with Crippen molar-refractivity contribution in [3.8, 4) is 0 Å². The summed E-state index contributed by atoms with van der Waals surface area (Å²) in [5, 5.41) is 21.6. The molecule has 124 valence electrons. The molecule has 0 spiro atoms. The minimum atomic E-state index is -0.0805. The molecule has 0 aliphatic carbocycles. The van der Waals surface area contributed by atoms with Crippen molar-refractivity contribution in [2.24, 2.45) is 0 Å². The maximum absolute atomic E-state index is 11.9. The molecule has 0 aliphatic rings. The van der Waals surface area contributed by atoms with Crippen LogP contribution in [0.2, 0.25) is 0 Å². The number of rotatable bonds is 8. The third-order valence-corrected chi connectivity index (χ3v) is 3.58. The molecule has 0 unspecified atom stereocenters. The highest BCUT2D eigenvalue weighted by Crippen LogP contribution is 2.03. The van der Waals surface area contributed by atoms with Crippen LogP contribution in [-0.4, -0.2) is 40.9 Å². The molecular formula is C15H18N8O. The van der Waals surface area contributed by atoms with E-state index in [0.29, 0.717) is 19.5 Å². The smallest absolute Gasteiger partial charge is 0.222 e. The van der Waals surface area contributed by atoms with Crippen LogP contribution in [0.1, 0.15) is 17.8 Å². The van der Waals surface area contributed by atoms with Crippen molar-refractivity contribution in [1.29, 1.82) is 0 Å². The number of hydrogen-bond donors (Lipinski definition) is 1. The van der Waals surface area contributed by atoms with Crippen LogP contribution in [0.15, 0.2) is 43.0 Å². The molecule has 9 heteroatoms. The number of carbonyl (C=O) groups excluding carboxylic acids is 1. The summed E-state index contributed by atoms with van der Waals surface area (Å²) in [5.41, 5.74) is 1.25. The second-order valence-corrected chi connectivity index (χ2v) is 5.28. The van der Waals surface area contributed by atoms with Crippen LogP contribution in [0, 0.1) is 0 Å². The van der Waals surface area contributed by atoms with Crippen molar-refractivity contribution in [3.05, 3.63) is 54.4 Å². The summed E-state index contributed by atoms with van der Waals surface area (Å²) < 4.78 is 3.47. The first-order valence-corrected chi connectivity index (χ1v) is 7.69. The summed E-state index contributed by atoms with van der Waals surface area (Å²) in [6.45, 7) is 1.57. The number of aryl methyl sites for hydroxylation is 3. The highest BCUT2D eigenvalue weighted by molar-refractivity contribution is 5.75. The Balaban J connectivity index is 1.45. The summed E-state index contributed by atoms with van der Waals surface area (Å²) in [7, 11) is 0. The van der Waals surface area contributed by atoms with Gasteiger partial charge in [0.15, 0.2) is 5.82 Å². The molecule has 0 saturated heterocycles. The van der Waals surface area contributed by atoms with Crippen molar-refractivity contribution in [2.45, 2.75) is 32.5 Å². The maximum atomic E-state index is 11.9. The van der Waals surface area contributed by atoms with Crippen molar-refractivity contribution in [2.75, 3.05) is 0 Å². The average Bonchev–Trinajstić information content (AvgIpc) is 3.29. The Morgan fingerprint density at radius 3 is 2.75 bits per heavy atom. The van der Waals surface area contributed by atoms with E-state index in [4.69, 9.17) is 0 Å². The van der Waals surface area contributed by atoms with E-state index in [0.717, 1.165) is 18.8 Å². The predicted molar refractivity (Wildman–Crippen MR) is 84.4 cm³/mol. The van der Waals surface area contributed by atoms with Crippen molar-refractivity contribution >= 4 is 5.91 Å². The molecule has 0 saturated carbocycles. The van der Waals surface area contributed by atoms with Gasteiger partial charge in [-0.2, -0.15) is 0 Å². The SMILES string of the molecule is O=C(CCn1cnnn1)NCc1nncn1CCc1ccccc1. The number of carbonyl (C=O) groups is 1. The van der Waals surface area contributed by atoms with Gasteiger partial charge in [0.05, 0.1) is 13.1 Å². The van der Waals surface area contributed by atoms with Crippen LogP contribution in [0.4, 0.5) is 0 Å². The van der Waals surface area contributed by atoms with Gasteiger partial charge < -0.3 is 9.88 Å². The Morgan fingerprint density at radius 2 is 1.96 bits per heavy atom. The van der Waals surface area contributed by atoms with Crippen molar-refractivity contribution in [3.63, 3.8) is 0 Å². The highest BCUT2D eigenvalue weighted by Gasteiger charge is 2.07. The number of benzene rings is 1. The lowest BCUT2D eigenvalue weighted by Gasteiger charge is -2.08. The quantitative estimate of drug-likeness (QED) is 0.635. The number of nitrogens with one attached hydrogen (secondary N) is 1. The third kappa shape index (κ3) is 4.45. The maximum Gasteiger partial charge on any atom is 0.222 e. The van der Waals surface area contributed by atoms with Crippen molar-refractivity contribution < 1.29 is 4.79 Å². The Hall–Kier alpha value is -3.10. The zero-order valence-corrected chi connectivity index (χ0v) is 13.1. The Bertz CT molecular complexity index is 753. The van der Waals surface area contributed by atoms with Gasteiger partial charge in [-0.15, -0.1) is 15.3 Å². The molecule has 2 heterocycles. The summed E-state index contributed by atoms with van der Waals surface area (Å²) in [6.07, 6.45) is 4.36.